The first-order valence-corrected chi connectivity index (χ1v) is 8.67. The van der Waals surface area contributed by atoms with Gasteiger partial charge in [-0.25, -0.2) is 0 Å². The van der Waals surface area contributed by atoms with E-state index in [1.165, 1.54) is 12.7 Å². The number of carboxylic acids is 1. The topological polar surface area (TPSA) is 83.9 Å². The number of hydrogen-bond acceptors (Lipinski definition) is 4. The molecule has 1 N–H and O–H groups in total. The second-order valence-electron chi connectivity index (χ2n) is 6.64. The van der Waals surface area contributed by atoms with E-state index < -0.39 is 5.97 Å². The number of aryl methyl sites for hydroxylation is 1. The second-order valence-corrected chi connectivity index (χ2v) is 6.64. The fourth-order valence-electron chi connectivity index (χ4n) is 3.53. The van der Waals surface area contributed by atoms with Gasteiger partial charge in [-0.3, -0.25) is 9.59 Å². The largest absolute Gasteiger partial charge is 0.481 e. The lowest BCUT2D eigenvalue weighted by Crippen LogP contribution is -2.41. The van der Waals surface area contributed by atoms with E-state index in [-0.39, 0.29) is 24.1 Å². The molecule has 1 amide bonds. The smallest absolute Gasteiger partial charge is 0.311 e. The lowest BCUT2D eigenvalue weighted by molar-refractivity contribution is -0.136. The SMILES string of the molecule is Cc1coc(CC(=O)O)c1C(=O)N(Cc1ccoc1)C1CCCCC1. The Morgan fingerprint density at radius 3 is 2.64 bits per heavy atom. The van der Waals surface area contributed by atoms with E-state index in [0.717, 1.165) is 31.2 Å². The van der Waals surface area contributed by atoms with Gasteiger partial charge in [0.15, 0.2) is 0 Å². The molecule has 3 rings (SSSR count). The van der Waals surface area contributed by atoms with Crippen molar-refractivity contribution in [2.24, 2.45) is 0 Å². The molecule has 0 bridgehead atoms. The summed E-state index contributed by atoms with van der Waals surface area (Å²) >= 11 is 0. The van der Waals surface area contributed by atoms with E-state index in [1.807, 2.05) is 11.0 Å². The molecule has 0 aromatic carbocycles. The molecular weight excluding hydrogens is 322 g/mol. The number of hydrogen-bond donors (Lipinski definition) is 1. The van der Waals surface area contributed by atoms with E-state index in [0.29, 0.717) is 17.7 Å². The van der Waals surface area contributed by atoms with Gasteiger partial charge in [-0.05, 0) is 25.8 Å². The molecule has 0 aliphatic heterocycles. The van der Waals surface area contributed by atoms with Crippen molar-refractivity contribution in [1.82, 2.24) is 4.90 Å². The molecule has 1 aliphatic rings. The fourth-order valence-corrected chi connectivity index (χ4v) is 3.53. The van der Waals surface area contributed by atoms with Crippen molar-refractivity contribution >= 4 is 11.9 Å². The lowest BCUT2D eigenvalue weighted by atomic mass is 9.93. The minimum absolute atomic E-state index is 0.156. The predicted octanol–water partition coefficient (Wildman–Crippen LogP) is 3.78. The third-order valence-electron chi connectivity index (χ3n) is 4.79. The van der Waals surface area contributed by atoms with Crippen LogP contribution in [-0.2, 0) is 17.8 Å². The van der Waals surface area contributed by atoms with Gasteiger partial charge in [0.1, 0.15) is 12.2 Å². The van der Waals surface area contributed by atoms with Crippen molar-refractivity contribution in [1.29, 1.82) is 0 Å². The number of furan rings is 2. The molecule has 0 spiro atoms. The average molecular weight is 345 g/mol. The van der Waals surface area contributed by atoms with Crippen LogP contribution in [0.4, 0.5) is 0 Å². The number of aliphatic carboxylic acids is 1. The van der Waals surface area contributed by atoms with Crippen LogP contribution in [0.5, 0.6) is 0 Å². The van der Waals surface area contributed by atoms with Crippen molar-refractivity contribution < 1.29 is 23.5 Å². The van der Waals surface area contributed by atoms with E-state index >= 15 is 0 Å². The van der Waals surface area contributed by atoms with Gasteiger partial charge in [0.25, 0.3) is 5.91 Å². The molecule has 6 nitrogen and oxygen atoms in total. The molecule has 0 saturated heterocycles. The zero-order chi connectivity index (χ0) is 17.8. The van der Waals surface area contributed by atoms with Gasteiger partial charge in [0, 0.05) is 23.7 Å². The summed E-state index contributed by atoms with van der Waals surface area (Å²) in [4.78, 5) is 26.2. The summed E-state index contributed by atoms with van der Waals surface area (Å²) in [7, 11) is 0. The molecule has 1 aliphatic carbocycles. The Morgan fingerprint density at radius 1 is 1.24 bits per heavy atom. The summed E-state index contributed by atoms with van der Waals surface area (Å²) in [6.07, 6.45) is 9.74. The maximum absolute atomic E-state index is 13.3. The molecule has 2 heterocycles. The van der Waals surface area contributed by atoms with Gasteiger partial charge in [-0.2, -0.15) is 0 Å². The Balaban J connectivity index is 1.90. The maximum Gasteiger partial charge on any atom is 0.311 e. The highest BCUT2D eigenvalue weighted by atomic mass is 16.4. The number of rotatable bonds is 6. The lowest BCUT2D eigenvalue weighted by Gasteiger charge is -2.34. The monoisotopic (exact) mass is 345 g/mol. The number of amides is 1. The third kappa shape index (κ3) is 3.95. The molecule has 1 saturated carbocycles. The summed E-state index contributed by atoms with van der Waals surface area (Å²) in [5.41, 5.74) is 1.99. The molecule has 134 valence electrons. The van der Waals surface area contributed by atoms with E-state index in [1.54, 1.807) is 19.5 Å². The zero-order valence-electron chi connectivity index (χ0n) is 14.4. The number of carboxylic acid groups (broad SMARTS) is 1. The van der Waals surface area contributed by atoms with Crippen LogP contribution >= 0.6 is 0 Å². The first-order valence-electron chi connectivity index (χ1n) is 8.67. The summed E-state index contributed by atoms with van der Waals surface area (Å²) < 4.78 is 10.5. The van der Waals surface area contributed by atoms with Gasteiger partial charge in [0.2, 0.25) is 0 Å². The molecule has 0 atom stereocenters. The van der Waals surface area contributed by atoms with Crippen molar-refractivity contribution in [2.75, 3.05) is 0 Å². The third-order valence-corrected chi connectivity index (χ3v) is 4.79. The number of nitrogens with zero attached hydrogens (tertiary/aromatic N) is 1. The highest BCUT2D eigenvalue weighted by Gasteiger charge is 2.30. The Bertz CT molecular complexity index is 725. The Hall–Kier alpha value is -2.50. The molecule has 2 aromatic heterocycles. The summed E-state index contributed by atoms with van der Waals surface area (Å²) in [6, 6.07) is 2.01. The first-order chi connectivity index (χ1) is 12.1. The van der Waals surface area contributed by atoms with Crippen LogP contribution in [0.2, 0.25) is 0 Å². The molecular formula is C19H23NO5. The van der Waals surface area contributed by atoms with Crippen LogP contribution in [0.25, 0.3) is 0 Å². The van der Waals surface area contributed by atoms with E-state index in [9.17, 15) is 9.59 Å². The molecule has 1 fully saturated rings. The van der Waals surface area contributed by atoms with E-state index in [2.05, 4.69) is 0 Å². The van der Waals surface area contributed by atoms with Crippen LogP contribution in [0.15, 0.2) is 33.7 Å². The standard InChI is InChI=1S/C19H23NO5/c1-13-11-25-16(9-17(21)22)18(13)19(23)20(10-14-7-8-24-12-14)15-5-3-2-4-6-15/h7-8,11-12,15H,2-6,9-10H2,1H3,(H,21,22). The average Bonchev–Trinajstić information content (AvgIpc) is 3.22. The van der Waals surface area contributed by atoms with Crippen LogP contribution in [0, 0.1) is 6.92 Å². The van der Waals surface area contributed by atoms with Crippen LogP contribution in [0.3, 0.4) is 0 Å². The van der Waals surface area contributed by atoms with Crippen molar-refractivity contribution in [3.8, 4) is 0 Å². The van der Waals surface area contributed by atoms with E-state index in [4.69, 9.17) is 13.9 Å². The van der Waals surface area contributed by atoms with Crippen molar-refractivity contribution in [2.45, 2.75) is 58.0 Å². The normalized spacial score (nSPS) is 15.2. The van der Waals surface area contributed by atoms with Gasteiger partial charge in [0.05, 0.1) is 24.4 Å². The minimum atomic E-state index is -1.01. The maximum atomic E-state index is 13.3. The summed E-state index contributed by atoms with van der Waals surface area (Å²) in [5, 5.41) is 9.08. The van der Waals surface area contributed by atoms with Gasteiger partial charge < -0.3 is 18.8 Å². The number of carbonyl (C=O) groups excluding carboxylic acids is 1. The van der Waals surface area contributed by atoms with Crippen LogP contribution in [-0.4, -0.2) is 27.9 Å². The minimum Gasteiger partial charge on any atom is -0.481 e. The predicted molar refractivity (Wildman–Crippen MR) is 90.2 cm³/mol. The first kappa shape index (κ1) is 17.3. The van der Waals surface area contributed by atoms with Crippen LogP contribution in [0.1, 0.15) is 59.3 Å². The molecule has 6 heteroatoms. The van der Waals surface area contributed by atoms with Crippen molar-refractivity contribution in [3.05, 3.63) is 47.3 Å². The van der Waals surface area contributed by atoms with Gasteiger partial charge in [-0.15, -0.1) is 0 Å². The number of carbonyl (C=O) groups is 2. The Morgan fingerprint density at radius 2 is 2.00 bits per heavy atom. The zero-order valence-corrected chi connectivity index (χ0v) is 14.4. The highest BCUT2D eigenvalue weighted by Crippen LogP contribution is 2.28. The van der Waals surface area contributed by atoms with Crippen LogP contribution < -0.4 is 0 Å². The van der Waals surface area contributed by atoms with Gasteiger partial charge in [-0.1, -0.05) is 19.3 Å². The summed E-state index contributed by atoms with van der Waals surface area (Å²) in [6.45, 7) is 2.23. The second kappa shape index (κ2) is 7.59. The Labute approximate surface area is 146 Å². The van der Waals surface area contributed by atoms with Crippen molar-refractivity contribution in [3.63, 3.8) is 0 Å². The van der Waals surface area contributed by atoms with Gasteiger partial charge >= 0.3 is 5.97 Å². The highest BCUT2D eigenvalue weighted by molar-refractivity contribution is 5.97. The molecule has 25 heavy (non-hydrogen) atoms. The molecule has 2 aromatic rings. The summed E-state index contributed by atoms with van der Waals surface area (Å²) in [5.74, 6) is -0.943. The quantitative estimate of drug-likeness (QED) is 0.861. The molecule has 0 radical (unpaired) electrons. The molecule has 0 unspecified atom stereocenters. The Kier molecular flexibility index (Phi) is 5.26. The fraction of sp³-hybridized carbons (Fsp3) is 0.474.